The van der Waals surface area contributed by atoms with E-state index in [2.05, 4.69) is 25.9 Å². The number of aromatic nitrogens is 4. The summed E-state index contributed by atoms with van der Waals surface area (Å²) in [6.07, 6.45) is 1.51. The fraction of sp³-hybridized carbons (Fsp3) is 0.231. The fourth-order valence-electron chi connectivity index (χ4n) is 1.71. The lowest BCUT2D eigenvalue weighted by atomic mass is 10.1. The second-order valence-electron chi connectivity index (χ2n) is 4.07. The normalized spacial score (nSPS) is 10.9. The van der Waals surface area contributed by atoms with E-state index < -0.39 is 0 Å². The summed E-state index contributed by atoms with van der Waals surface area (Å²) in [5.41, 5.74) is 1.98. The van der Waals surface area contributed by atoms with Crippen LogP contribution in [0.15, 0.2) is 18.3 Å². The maximum absolute atomic E-state index is 9.10. The van der Waals surface area contributed by atoms with Gasteiger partial charge in [0.25, 0.3) is 0 Å². The number of aryl methyl sites for hydroxylation is 1. The first kappa shape index (κ1) is 14.3. The molecule has 0 atom stereocenters. The van der Waals surface area contributed by atoms with Gasteiger partial charge < -0.3 is 14.8 Å². The van der Waals surface area contributed by atoms with E-state index >= 15 is 0 Å². The number of aromatic amines is 1. The van der Waals surface area contributed by atoms with Gasteiger partial charge in [0.1, 0.15) is 11.6 Å². The number of ether oxygens (including phenoxy) is 2. The first-order valence-electron chi connectivity index (χ1n) is 6.02. The Morgan fingerprint density at radius 2 is 2.05 bits per heavy atom. The van der Waals surface area contributed by atoms with Crippen LogP contribution < -0.4 is 14.8 Å². The molecule has 2 aromatic rings. The number of nitrogens with one attached hydrogen (secondary N) is 2. The van der Waals surface area contributed by atoms with Crippen molar-refractivity contribution in [3.8, 4) is 17.6 Å². The minimum atomic E-state index is 0.225. The third kappa shape index (κ3) is 3.09. The van der Waals surface area contributed by atoms with E-state index in [1.807, 2.05) is 19.1 Å². The van der Waals surface area contributed by atoms with Gasteiger partial charge in [-0.15, -0.1) is 10.2 Å². The number of hydrogen-bond donors (Lipinski definition) is 2. The number of nitrogens with zero attached hydrogens (tertiary/aromatic N) is 4. The van der Waals surface area contributed by atoms with E-state index in [1.54, 1.807) is 20.3 Å². The molecule has 108 valence electrons. The Kier molecular flexibility index (Phi) is 4.36. The van der Waals surface area contributed by atoms with E-state index in [4.69, 9.17) is 14.7 Å². The highest BCUT2D eigenvalue weighted by molar-refractivity contribution is 5.74. The lowest BCUT2D eigenvalue weighted by molar-refractivity contribution is 0.355. The van der Waals surface area contributed by atoms with Gasteiger partial charge in [0, 0.05) is 18.0 Å². The highest BCUT2D eigenvalue weighted by Crippen LogP contribution is 2.33. The molecule has 2 N–H and O–H groups in total. The van der Waals surface area contributed by atoms with Crippen molar-refractivity contribution in [1.82, 2.24) is 20.6 Å². The van der Waals surface area contributed by atoms with Crippen LogP contribution in [0.25, 0.3) is 5.57 Å². The third-order valence-electron chi connectivity index (χ3n) is 2.81. The Morgan fingerprint density at radius 3 is 2.62 bits per heavy atom. The number of nitriles is 1. The van der Waals surface area contributed by atoms with Crippen LogP contribution in [0.5, 0.6) is 11.5 Å². The largest absolute Gasteiger partial charge is 0.493 e. The third-order valence-corrected chi connectivity index (χ3v) is 2.81. The molecule has 0 aliphatic heterocycles. The molecule has 0 fully saturated rings. The lowest BCUT2D eigenvalue weighted by Gasteiger charge is -2.12. The summed E-state index contributed by atoms with van der Waals surface area (Å²) in [6.45, 7) is 1.92. The van der Waals surface area contributed by atoms with E-state index in [-0.39, 0.29) is 11.4 Å². The summed E-state index contributed by atoms with van der Waals surface area (Å²) >= 11 is 0. The number of allylic oxidation sites excluding steroid dienone is 1. The van der Waals surface area contributed by atoms with Gasteiger partial charge in [-0.3, -0.25) is 0 Å². The molecule has 0 amide bonds. The first-order chi connectivity index (χ1) is 10.2. The van der Waals surface area contributed by atoms with Crippen LogP contribution in [0.2, 0.25) is 0 Å². The van der Waals surface area contributed by atoms with Gasteiger partial charge in [-0.1, -0.05) is 0 Å². The van der Waals surface area contributed by atoms with Crippen LogP contribution in [0.4, 0.5) is 5.69 Å². The molecule has 1 aromatic carbocycles. The lowest BCUT2D eigenvalue weighted by Crippen LogP contribution is -1.98. The maximum Gasteiger partial charge on any atom is 0.216 e. The van der Waals surface area contributed by atoms with Crippen LogP contribution in [-0.4, -0.2) is 34.8 Å². The fourth-order valence-corrected chi connectivity index (χ4v) is 1.71. The Morgan fingerprint density at radius 1 is 1.33 bits per heavy atom. The number of anilines is 1. The Hall–Kier alpha value is -3.08. The zero-order valence-electron chi connectivity index (χ0n) is 11.8. The van der Waals surface area contributed by atoms with Crippen molar-refractivity contribution in [3.63, 3.8) is 0 Å². The van der Waals surface area contributed by atoms with Gasteiger partial charge in [-0.25, -0.2) is 0 Å². The molecule has 0 unspecified atom stereocenters. The van der Waals surface area contributed by atoms with Gasteiger partial charge in [-0.05, 0) is 23.8 Å². The van der Waals surface area contributed by atoms with Gasteiger partial charge in [-0.2, -0.15) is 10.5 Å². The van der Waals surface area contributed by atoms with Crippen molar-refractivity contribution in [3.05, 3.63) is 29.7 Å². The molecular weight excluding hydrogens is 272 g/mol. The van der Waals surface area contributed by atoms with Crippen LogP contribution in [-0.2, 0) is 0 Å². The highest BCUT2D eigenvalue weighted by Gasteiger charge is 2.09. The number of benzene rings is 1. The molecule has 0 aliphatic carbocycles. The van der Waals surface area contributed by atoms with Crippen molar-refractivity contribution in [2.45, 2.75) is 6.92 Å². The molecular formula is C13H14N6O2. The molecule has 1 heterocycles. The smallest absolute Gasteiger partial charge is 0.216 e. The average molecular weight is 286 g/mol. The molecule has 0 radical (unpaired) electrons. The number of methoxy groups -OCH3 is 2. The average Bonchev–Trinajstić information content (AvgIpc) is 3.03. The van der Waals surface area contributed by atoms with Crippen molar-refractivity contribution in [1.29, 1.82) is 5.26 Å². The highest BCUT2D eigenvalue weighted by atomic mass is 16.5. The summed E-state index contributed by atoms with van der Waals surface area (Å²) in [5, 5.41) is 25.4. The number of tetrazole rings is 1. The van der Waals surface area contributed by atoms with E-state index in [9.17, 15) is 0 Å². The minimum absolute atomic E-state index is 0.225. The van der Waals surface area contributed by atoms with Crippen LogP contribution in [0, 0.1) is 18.3 Å². The zero-order chi connectivity index (χ0) is 15.2. The molecule has 1 aromatic heterocycles. The monoisotopic (exact) mass is 286 g/mol. The molecule has 0 saturated carbocycles. The molecule has 0 spiro atoms. The molecule has 0 saturated heterocycles. The van der Waals surface area contributed by atoms with Crippen LogP contribution in [0.1, 0.15) is 11.4 Å². The predicted octanol–water partition coefficient (Wildman–Crippen LogP) is 1.50. The Balaban J connectivity index is 2.29. The summed E-state index contributed by atoms with van der Waals surface area (Å²) in [5.74, 6) is 1.46. The summed E-state index contributed by atoms with van der Waals surface area (Å²) < 4.78 is 10.5. The Bertz CT molecular complexity index is 687. The number of hydrogen-bond acceptors (Lipinski definition) is 7. The second-order valence-corrected chi connectivity index (χ2v) is 4.07. The van der Waals surface area contributed by atoms with Crippen LogP contribution in [0.3, 0.4) is 0 Å². The quantitative estimate of drug-likeness (QED) is 0.801. The van der Waals surface area contributed by atoms with E-state index in [0.29, 0.717) is 11.5 Å². The number of H-pyrrole nitrogens is 1. The maximum atomic E-state index is 9.10. The molecule has 0 bridgehead atoms. The van der Waals surface area contributed by atoms with Crippen molar-refractivity contribution in [2.75, 3.05) is 19.5 Å². The first-order valence-corrected chi connectivity index (χ1v) is 6.02. The second kappa shape index (κ2) is 6.38. The summed E-state index contributed by atoms with van der Waals surface area (Å²) in [6, 6.07) is 5.63. The SMILES string of the molecule is COc1cc(C)c(NC=C(C#N)c2nn[nH]n2)cc1OC. The topological polar surface area (TPSA) is 109 Å². The predicted molar refractivity (Wildman–Crippen MR) is 75.7 cm³/mol. The molecule has 8 nitrogen and oxygen atoms in total. The van der Waals surface area contributed by atoms with Gasteiger partial charge >= 0.3 is 0 Å². The van der Waals surface area contributed by atoms with Crippen molar-refractivity contribution < 1.29 is 9.47 Å². The summed E-state index contributed by atoms with van der Waals surface area (Å²) in [7, 11) is 3.14. The van der Waals surface area contributed by atoms with Gasteiger partial charge in [0.05, 0.1) is 14.2 Å². The summed E-state index contributed by atoms with van der Waals surface area (Å²) in [4.78, 5) is 0. The van der Waals surface area contributed by atoms with Crippen molar-refractivity contribution in [2.24, 2.45) is 0 Å². The minimum Gasteiger partial charge on any atom is -0.493 e. The number of rotatable bonds is 5. The molecule has 0 aliphatic rings. The standard InChI is InChI=1S/C13H14N6O2/c1-8-4-11(20-2)12(21-3)5-10(8)15-7-9(6-14)13-16-18-19-17-13/h4-5,7,15H,1-3H3,(H,16,17,18,19). The van der Waals surface area contributed by atoms with Crippen LogP contribution >= 0.6 is 0 Å². The molecule has 2 rings (SSSR count). The Labute approximate surface area is 121 Å². The van der Waals surface area contributed by atoms with Gasteiger partial charge in [0.2, 0.25) is 5.82 Å². The zero-order valence-corrected chi connectivity index (χ0v) is 11.8. The van der Waals surface area contributed by atoms with E-state index in [1.165, 1.54) is 6.20 Å². The van der Waals surface area contributed by atoms with E-state index in [0.717, 1.165) is 11.3 Å². The molecule has 8 heteroatoms. The van der Waals surface area contributed by atoms with Gasteiger partial charge in [0.15, 0.2) is 11.5 Å². The van der Waals surface area contributed by atoms with Crippen molar-refractivity contribution >= 4 is 11.3 Å². The molecule has 21 heavy (non-hydrogen) atoms.